The topological polar surface area (TPSA) is 112 Å². The van der Waals surface area contributed by atoms with Crippen molar-refractivity contribution in [1.29, 1.82) is 0 Å². The Labute approximate surface area is 149 Å². The largest absolute Gasteiger partial charge is 0.380 e. The maximum atomic E-state index is 14.5. The fraction of sp³-hybridized carbons (Fsp3) is 0. The molecule has 2 N–H and O–H groups in total. The number of hydrogen-bond acceptors (Lipinski definition) is 7. The number of rotatable bonds is 2. The summed E-state index contributed by atoms with van der Waals surface area (Å²) in [6.45, 7) is 0. The van der Waals surface area contributed by atoms with Crippen LogP contribution < -0.4 is 5.73 Å². The quantitative estimate of drug-likeness (QED) is 0.507. The first-order chi connectivity index (χ1) is 13.1. The van der Waals surface area contributed by atoms with Crippen molar-refractivity contribution in [1.82, 2.24) is 39.6 Å². The van der Waals surface area contributed by atoms with E-state index < -0.39 is 11.6 Å². The molecule has 27 heavy (non-hydrogen) atoms. The van der Waals surface area contributed by atoms with E-state index in [-0.39, 0.29) is 17.1 Å². The van der Waals surface area contributed by atoms with E-state index in [0.717, 1.165) is 0 Å². The highest BCUT2D eigenvalue weighted by Gasteiger charge is 2.20. The molecule has 5 aromatic rings. The summed E-state index contributed by atoms with van der Waals surface area (Å²) in [5.74, 6) is -0.884. The van der Waals surface area contributed by atoms with Crippen LogP contribution in [0.4, 0.5) is 14.6 Å². The molecule has 9 nitrogen and oxygen atoms in total. The molecular weight excluding hydrogens is 356 g/mol. The van der Waals surface area contributed by atoms with Crippen molar-refractivity contribution in [2.75, 3.05) is 5.73 Å². The molecule has 0 spiro atoms. The van der Waals surface area contributed by atoms with Crippen LogP contribution in [-0.2, 0) is 0 Å². The van der Waals surface area contributed by atoms with Crippen molar-refractivity contribution in [3.05, 3.63) is 54.5 Å². The Bertz CT molecular complexity index is 1310. The number of fused-ring (bicyclic) bond motifs is 2. The van der Waals surface area contributed by atoms with E-state index in [2.05, 4.69) is 30.6 Å². The number of nitrogens with zero attached hydrogens (tertiary/aromatic N) is 8. The molecule has 0 aliphatic heterocycles. The van der Waals surface area contributed by atoms with Crippen LogP contribution in [0.3, 0.4) is 0 Å². The Morgan fingerprint density at radius 1 is 1.00 bits per heavy atom. The predicted molar refractivity (Wildman–Crippen MR) is 90.3 cm³/mol. The molecule has 4 aromatic heterocycles. The molecule has 0 saturated heterocycles. The average Bonchev–Trinajstić information content (AvgIpc) is 3.32. The van der Waals surface area contributed by atoms with E-state index in [1.807, 2.05) is 0 Å². The molecule has 1 aromatic carbocycles. The Hall–Kier alpha value is -4.02. The van der Waals surface area contributed by atoms with Gasteiger partial charge in [-0.15, -0.1) is 5.10 Å². The van der Waals surface area contributed by atoms with Gasteiger partial charge in [0.25, 0.3) is 0 Å². The number of hydrogen-bond donors (Lipinski definition) is 1. The van der Waals surface area contributed by atoms with E-state index in [1.54, 1.807) is 18.3 Å². The number of tetrazole rings is 1. The summed E-state index contributed by atoms with van der Waals surface area (Å²) in [5.41, 5.74) is 7.98. The minimum absolute atomic E-state index is 0.0819. The number of nitrogen functional groups attached to an aromatic ring is 1. The van der Waals surface area contributed by atoms with Gasteiger partial charge in [-0.1, -0.05) is 0 Å². The summed E-state index contributed by atoms with van der Waals surface area (Å²) in [7, 11) is 0. The standard InChI is InChI=1S/C16H9F2N9/c17-10-3-1-8(2-4-10)12-13(27-16(14(19)22-12)23-24-25-27)9-5-11(18)15-20-7-21-26(15)6-9/h1-7H,(H2,19,22). The number of aromatic nitrogens is 8. The van der Waals surface area contributed by atoms with E-state index in [1.165, 1.54) is 33.6 Å². The normalized spacial score (nSPS) is 11.5. The first kappa shape index (κ1) is 15.3. The first-order valence-corrected chi connectivity index (χ1v) is 7.74. The third-order valence-electron chi connectivity index (χ3n) is 4.09. The van der Waals surface area contributed by atoms with E-state index in [0.29, 0.717) is 22.5 Å². The van der Waals surface area contributed by atoms with E-state index in [4.69, 9.17) is 5.73 Å². The number of nitrogens with two attached hydrogens (primary N) is 1. The molecule has 0 fully saturated rings. The lowest BCUT2D eigenvalue weighted by Gasteiger charge is -2.12. The highest BCUT2D eigenvalue weighted by atomic mass is 19.1. The van der Waals surface area contributed by atoms with E-state index in [9.17, 15) is 8.78 Å². The summed E-state index contributed by atoms with van der Waals surface area (Å²) >= 11 is 0. The van der Waals surface area contributed by atoms with Gasteiger partial charge in [-0.2, -0.15) is 9.61 Å². The SMILES string of the molecule is Nc1nc(-c2ccc(F)cc2)c(-c2cc(F)c3ncnn3c2)n2nnnc12. The van der Waals surface area contributed by atoms with Gasteiger partial charge in [0, 0.05) is 17.3 Å². The zero-order valence-corrected chi connectivity index (χ0v) is 13.5. The highest BCUT2D eigenvalue weighted by Crippen LogP contribution is 2.33. The van der Waals surface area contributed by atoms with Crippen molar-refractivity contribution in [3.8, 4) is 22.5 Å². The van der Waals surface area contributed by atoms with Gasteiger partial charge in [0.05, 0.1) is 5.69 Å². The minimum Gasteiger partial charge on any atom is -0.380 e. The van der Waals surface area contributed by atoms with Crippen molar-refractivity contribution in [3.63, 3.8) is 0 Å². The molecule has 4 heterocycles. The minimum atomic E-state index is -0.576. The molecule has 0 unspecified atom stereocenters. The van der Waals surface area contributed by atoms with Crippen LogP contribution in [0.5, 0.6) is 0 Å². The summed E-state index contributed by atoms with van der Waals surface area (Å²) in [5, 5.41) is 15.4. The molecular formula is C16H9F2N9. The van der Waals surface area contributed by atoms with Gasteiger partial charge in [-0.25, -0.2) is 23.3 Å². The first-order valence-electron chi connectivity index (χ1n) is 7.74. The van der Waals surface area contributed by atoms with Crippen LogP contribution in [0, 0.1) is 11.6 Å². The van der Waals surface area contributed by atoms with Crippen LogP contribution in [0.15, 0.2) is 42.9 Å². The molecule has 0 aliphatic rings. The van der Waals surface area contributed by atoms with Gasteiger partial charge in [0.15, 0.2) is 17.3 Å². The number of anilines is 1. The Balaban J connectivity index is 1.88. The van der Waals surface area contributed by atoms with E-state index >= 15 is 0 Å². The zero-order valence-electron chi connectivity index (χ0n) is 13.5. The molecule has 11 heteroatoms. The van der Waals surface area contributed by atoms with Gasteiger partial charge in [0.1, 0.15) is 17.8 Å². The molecule has 0 atom stereocenters. The van der Waals surface area contributed by atoms with Crippen LogP contribution in [0.2, 0.25) is 0 Å². The molecule has 0 radical (unpaired) electrons. The second-order valence-corrected chi connectivity index (χ2v) is 5.72. The maximum absolute atomic E-state index is 14.5. The number of halogens is 2. The zero-order chi connectivity index (χ0) is 18.5. The predicted octanol–water partition coefficient (Wildman–Crippen LogP) is 1.76. The van der Waals surface area contributed by atoms with Gasteiger partial charge >= 0.3 is 0 Å². The van der Waals surface area contributed by atoms with Gasteiger partial charge < -0.3 is 5.73 Å². The van der Waals surface area contributed by atoms with Gasteiger partial charge in [0.2, 0.25) is 5.65 Å². The average molecular weight is 365 g/mol. The van der Waals surface area contributed by atoms with Gasteiger partial charge in [-0.05, 0) is 40.8 Å². The lowest BCUT2D eigenvalue weighted by molar-refractivity contribution is 0.628. The Kier molecular flexibility index (Phi) is 3.10. The fourth-order valence-electron chi connectivity index (χ4n) is 2.90. The molecule has 0 amide bonds. The second kappa shape index (κ2) is 5.49. The van der Waals surface area contributed by atoms with Crippen molar-refractivity contribution >= 4 is 17.1 Å². The Morgan fingerprint density at radius 2 is 1.81 bits per heavy atom. The van der Waals surface area contributed by atoms with Crippen molar-refractivity contribution in [2.24, 2.45) is 0 Å². The van der Waals surface area contributed by atoms with Crippen LogP contribution in [0.25, 0.3) is 33.8 Å². The van der Waals surface area contributed by atoms with Crippen LogP contribution in [-0.4, -0.2) is 39.6 Å². The lowest BCUT2D eigenvalue weighted by Crippen LogP contribution is -2.06. The smallest absolute Gasteiger partial charge is 0.222 e. The van der Waals surface area contributed by atoms with Crippen molar-refractivity contribution < 1.29 is 8.78 Å². The lowest BCUT2D eigenvalue weighted by atomic mass is 10.0. The molecule has 132 valence electrons. The second-order valence-electron chi connectivity index (χ2n) is 5.72. The highest BCUT2D eigenvalue weighted by molar-refractivity contribution is 5.82. The summed E-state index contributed by atoms with van der Waals surface area (Å²) in [6.07, 6.45) is 2.82. The fourth-order valence-corrected chi connectivity index (χ4v) is 2.90. The number of benzene rings is 1. The molecule has 0 aliphatic carbocycles. The summed E-state index contributed by atoms with van der Waals surface area (Å²) in [4.78, 5) is 8.23. The van der Waals surface area contributed by atoms with Crippen LogP contribution >= 0.6 is 0 Å². The third-order valence-corrected chi connectivity index (χ3v) is 4.09. The third kappa shape index (κ3) is 2.28. The van der Waals surface area contributed by atoms with Crippen LogP contribution in [0.1, 0.15) is 0 Å². The monoisotopic (exact) mass is 365 g/mol. The molecule has 0 saturated carbocycles. The number of pyridine rings is 1. The maximum Gasteiger partial charge on any atom is 0.222 e. The molecule has 0 bridgehead atoms. The van der Waals surface area contributed by atoms with Crippen molar-refractivity contribution in [2.45, 2.75) is 0 Å². The summed E-state index contributed by atoms with van der Waals surface area (Å²) in [6, 6.07) is 6.96. The summed E-state index contributed by atoms with van der Waals surface area (Å²) < 4.78 is 30.5. The van der Waals surface area contributed by atoms with Gasteiger partial charge in [-0.3, -0.25) is 0 Å². The Morgan fingerprint density at radius 3 is 2.63 bits per heavy atom. The molecule has 5 rings (SSSR count).